The molecule has 0 fully saturated rings. The minimum atomic E-state index is -0.402. The van der Waals surface area contributed by atoms with Crippen molar-refractivity contribution in [2.75, 3.05) is 5.32 Å². The fourth-order valence-corrected chi connectivity index (χ4v) is 3.51. The smallest absolute Gasteiger partial charge is 0.293 e. The van der Waals surface area contributed by atoms with Crippen molar-refractivity contribution in [2.24, 2.45) is 0 Å². The van der Waals surface area contributed by atoms with Crippen molar-refractivity contribution < 1.29 is 13.6 Å². The number of carbonyl (C=O) groups excluding carboxylic acids is 1. The van der Waals surface area contributed by atoms with Crippen LogP contribution in [0.3, 0.4) is 0 Å². The first-order chi connectivity index (χ1) is 15.1. The quantitative estimate of drug-likeness (QED) is 0.379. The topological polar surface area (TPSA) is 80.3 Å². The number of carbonyl (C=O) groups is 1. The Morgan fingerprint density at radius 3 is 2.42 bits per heavy atom. The van der Waals surface area contributed by atoms with Gasteiger partial charge in [0.1, 0.15) is 11.1 Å². The van der Waals surface area contributed by atoms with Crippen LogP contribution in [0.2, 0.25) is 0 Å². The summed E-state index contributed by atoms with van der Waals surface area (Å²) < 4.78 is 11.3. The van der Waals surface area contributed by atoms with E-state index >= 15 is 0 Å². The molecule has 7 heteroatoms. The Labute approximate surface area is 182 Å². The summed E-state index contributed by atoms with van der Waals surface area (Å²) in [5, 5.41) is 6.70. The molecule has 5 aromatic rings. The average Bonchev–Trinajstić information content (AvgIpc) is 3.38. The van der Waals surface area contributed by atoms with Gasteiger partial charge in [-0.05, 0) is 54.2 Å². The van der Waals surface area contributed by atoms with Crippen LogP contribution in [0.4, 0.5) is 5.69 Å². The number of hydrogen-bond acceptors (Lipinski definition) is 5. The molecule has 0 atom stereocenters. The van der Waals surface area contributed by atoms with Gasteiger partial charge in [-0.3, -0.25) is 10.1 Å². The molecule has 5 rings (SSSR count). The molecule has 31 heavy (non-hydrogen) atoms. The van der Waals surface area contributed by atoms with Gasteiger partial charge in [-0.1, -0.05) is 42.5 Å². The molecule has 0 saturated heterocycles. The standard InChI is InChI=1S/C24H17N3O3S/c28-23(21-14-16-5-1-3-7-19(16)29-21)27-24(31)25-17-11-9-15(10-12-17)13-22-26-18-6-2-4-8-20(18)30-22/h1-12,14H,13H2,(H2,25,27,28,31). The van der Waals surface area contributed by atoms with Crippen molar-refractivity contribution in [3.63, 3.8) is 0 Å². The number of hydrogen-bond donors (Lipinski definition) is 2. The summed E-state index contributed by atoms with van der Waals surface area (Å²) in [6.45, 7) is 0. The molecular formula is C24H17N3O3S. The summed E-state index contributed by atoms with van der Waals surface area (Å²) in [4.78, 5) is 16.9. The number of thiocarbonyl (C=S) groups is 1. The van der Waals surface area contributed by atoms with Gasteiger partial charge in [0.05, 0.1) is 0 Å². The summed E-state index contributed by atoms with van der Waals surface area (Å²) in [6.07, 6.45) is 0.586. The SMILES string of the molecule is O=C(NC(=S)Nc1ccc(Cc2nc3ccccc3o2)cc1)c1cc2ccccc2o1. The van der Waals surface area contributed by atoms with Gasteiger partial charge < -0.3 is 14.2 Å². The zero-order valence-electron chi connectivity index (χ0n) is 16.3. The van der Waals surface area contributed by atoms with Gasteiger partial charge in [-0.2, -0.15) is 0 Å². The summed E-state index contributed by atoms with van der Waals surface area (Å²) >= 11 is 5.26. The van der Waals surface area contributed by atoms with E-state index in [4.69, 9.17) is 21.1 Å². The third-order valence-corrected chi connectivity index (χ3v) is 4.99. The van der Waals surface area contributed by atoms with Gasteiger partial charge in [-0.15, -0.1) is 0 Å². The highest BCUT2D eigenvalue weighted by molar-refractivity contribution is 7.80. The van der Waals surface area contributed by atoms with Crippen LogP contribution < -0.4 is 10.6 Å². The van der Waals surface area contributed by atoms with Crippen LogP contribution >= 0.6 is 12.2 Å². The number of oxazole rings is 1. The molecule has 0 unspecified atom stereocenters. The maximum Gasteiger partial charge on any atom is 0.293 e. The van der Waals surface area contributed by atoms with Gasteiger partial charge in [0.25, 0.3) is 5.91 Å². The Balaban J connectivity index is 1.20. The number of rotatable bonds is 4. The first-order valence-electron chi connectivity index (χ1n) is 9.68. The van der Waals surface area contributed by atoms with Gasteiger partial charge >= 0.3 is 0 Å². The zero-order chi connectivity index (χ0) is 21.2. The van der Waals surface area contributed by atoms with Crippen LogP contribution in [0, 0.1) is 0 Å². The van der Waals surface area contributed by atoms with Crippen molar-refractivity contribution in [3.05, 3.63) is 96.1 Å². The fraction of sp³-hybridized carbons (Fsp3) is 0.0417. The highest BCUT2D eigenvalue weighted by Crippen LogP contribution is 2.20. The second-order valence-electron chi connectivity index (χ2n) is 7.01. The Bertz CT molecular complexity index is 1340. The molecule has 152 valence electrons. The van der Waals surface area contributed by atoms with Crippen molar-refractivity contribution in [1.29, 1.82) is 0 Å². The van der Waals surface area contributed by atoms with Gasteiger partial charge in [0.2, 0.25) is 0 Å². The molecule has 0 aliphatic rings. The lowest BCUT2D eigenvalue weighted by Gasteiger charge is -2.09. The number of nitrogens with zero attached hydrogens (tertiary/aromatic N) is 1. The summed E-state index contributed by atoms with van der Waals surface area (Å²) in [7, 11) is 0. The lowest BCUT2D eigenvalue weighted by molar-refractivity contribution is 0.0953. The van der Waals surface area contributed by atoms with Crippen LogP contribution in [0.1, 0.15) is 22.0 Å². The third kappa shape index (κ3) is 4.17. The summed E-state index contributed by atoms with van der Waals surface area (Å²) in [5.74, 6) is 0.468. The molecule has 1 amide bonds. The number of para-hydroxylation sites is 3. The van der Waals surface area contributed by atoms with E-state index in [1.165, 1.54) is 0 Å². The fourth-order valence-electron chi connectivity index (χ4n) is 3.30. The number of nitrogens with one attached hydrogen (secondary N) is 2. The molecule has 3 aromatic carbocycles. The van der Waals surface area contributed by atoms with Gasteiger partial charge in [0.15, 0.2) is 22.3 Å². The number of amides is 1. The normalized spacial score (nSPS) is 11.0. The van der Waals surface area contributed by atoms with Crippen LogP contribution in [0.25, 0.3) is 22.1 Å². The molecule has 0 saturated carbocycles. The van der Waals surface area contributed by atoms with E-state index in [1.807, 2.05) is 72.8 Å². The summed E-state index contributed by atoms with van der Waals surface area (Å²) in [5.41, 5.74) is 4.09. The first kappa shape index (κ1) is 19.0. The molecular weight excluding hydrogens is 410 g/mol. The Kier molecular flexibility index (Phi) is 4.93. The van der Waals surface area contributed by atoms with Crippen molar-refractivity contribution in [2.45, 2.75) is 6.42 Å². The lowest BCUT2D eigenvalue weighted by Crippen LogP contribution is -2.33. The van der Waals surface area contributed by atoms with E-state index in [9.17, 15) is 4.79 Å². The van der Waals surface area contributed by atoms with Gasteiger partial charge in [0, 0.05) is 17.5 Å². The van der Waals surface area contributed by atoms with E-state index in [0.717, 1.165) is 27.7 Å². The number of benzene rings is 3. The van der Waals surface area contributed by atoms with Crippen LogP contribution in [0.5, 0.6) is 0 Å². The highest BCUT2D eigenvalue weighted by atomic mass is 32.1. The zero-order valence-corrected chi connectivity index (χ0v) is 17.1. The number of anilines is 1. The highest BCUT2D eigenvalue weighted by Gasteiger charge is 2.13. The van der Waals surface area contributed by atoms with E-state index in [-0.39, 0.29) is 10.9 Å². The number of fused-ring (bicyclic) bond motifs is 2. The van der Waals surface area contributed by atoms with Crippen LogP contribution in [-0.2, 0) is 6.42 Å². The number of furan rings is 1. The molecule has 0 radical (unpaired) electrons. The molecule has 2 heterocycles. The monoisotopic (exact) mass is 427 g/mol. The van der Waals surface area contributed by atoms with Crippen molar-refractivity contribution in [1.82, 2.24) is 10.3 Å². The van der Waals surface area contributed by atoms with E-state index in [0.29, 0.717) is 17.9 Å². The maximum atomic E-state index is 12.4. The maximum absolute atomic E-state index is 12.4. The Hall–Kier alpha value is -3.97. The predicted octanol–water partition coefficient (Wildman–Crippen LogP) is 5.29. The van der Waals surface area contributed by atoms with E-state index in [2.05, 4.69) is 15.6 Å². The Morgan fingerprint density at radius 1 is 0.903 bits per heavy atom. The first-order valence-corrected chi connectivity index (χ1v) is 10.1. The molecule has 0 bridgehead atoms. The third-order valence-electron chi connectivity index (χ3n) is 4.78. The largest absolute Gasteiger partial charge is 0.451 e. The minimum Gasteiger partial charge on any atom is -0.451 e. The van der Waals surface area contributed by atoms with Crippen LogP contribution in [-0.4, -0.2) is 16.0 Å². The number of aromatic nitrogens is 1. The molecule has 2 aromatic heterocycles. The lowest BCUT2D eigenvalue weighted by atomic mass is 10.1. The molecule has 0 aliphatic carbocycles. The van der Waals surface area contributed by atoms with E-state index < -0.39 is 5.91 Å². The van der Waals surface area contributed by atoms with E-state index in [1.54, 1.807) is 6.07 Å². The van der Waals surface area contributed by atoms with Crippen molar-refractivity contribution in [3.8, 4) is 0 Å². The molecule has 2 N–H and O–H groups in total. The van der Waals surface area contributed by atoms with Crippen molar-refractivity contribution >= 4 is 51.0 Å². The average molecular weight is 427 g/mol. The second kappa shape index (κ2) is 8.04. The molecule has 0 spiro atoms. The van der Waals surface area contributed by atoms with Crippen LogP contribution in [0.15, 0.2) is 87.7 Å². The van der Waals surface area contributed by atoms with Gasteiger partial charge in [-0.25, -0.2) is 4.98 Å². The Morgan fingerprint density at radius 2 is 1.65 bits per heavy atom. The predicted molar refractivity (Wildman–Crippen MR) is 123 cm³/mol. The summed E-state index contributed by atoms with van der Waals surface area (Å²) in [6, 6.07) is 24.5. The molecule has 0 aliphatic heterocycles. The minimum absolute atomic E-state index is 0.192. The molecule has 6 nitrogen and oxygen atoms in total. The second-order valence-corrected chi connectivity index (χ2v) is 7.41.